The number of rotatable bonds is 9. The molecule has 34 heavy (non-hydrogen) atoms. The number of aliphatic hydroxyl groups is 1. The molecule has 3 rings (SSSR count). The van der Waals surface area contributed by atoms with E-state index >= 15 is 0 Å². The van der Waals surface area contributed by atoms with Crippen molar-refractivity contribution in [3.8, 4) is 0 Å². The molecule has 0 aliphatic heterocycles. The summed E-state index contributed by atoms with van der Waals surface area (Å²) in [5.41, 5.74) is -1.25. The Kier molecular flexibility index (Phi) is 8.68. The summed E-state index contributed by atoms with van der Waals surface area (Å²) >= 11 is 1.61. The number of ketones is 1. The predicted molar refractivity (Wildman–Crippen MR) is 140 cm³/mol. The summed E-state index contributed by atoms with van der Waals surface area (Å²) in [4.78, 5) is 28.9. The van der Waals surface area contributed by atoms with E-state index in [9.17, 15) is 14.7 Å². The Balaban J connectivity index is 1.88. The van der Waals surface area contributed by atoms with E-state index in [1.54, 1.807) is 11.8 Å². The number of ether oxygens (including phenoxy) is 1. The van der Waals surface area contributed by atoms with E-state index in [0.717, 1.165) is 44.6 Å². The summed E-state index contributed by atoms with van der Waals surface area (Å²) < 4.78 is 6.30. The SMILES string of the molecule is C=C[C@]1(C)C[C@@H](OC(=O)CSCCN(CC)CC)[C@]2(C)C(C)CCC3(CCC(=O)[C@H]32)[C@@H](C)[C@@H]1O. The van der Waals surface area contributed by atoms with Crippen LogP contribution in [0.3, 0.4) is 0 Å². The average molecular weight is 494 g/mol. The molecule has 2 unspecified atom stereocenters. The summed E-state index contributed by atoms with van der Waals surface area (Å²) in [5.74, 6) is 1.37. The standard InChI is InChI=1S/C28H47NO4S/c1-8-26(6)17-22(33-23(31)18-34-16-15-29(9-2)10-3)27(7)19(4)11-13-28(20(5)25(26)32)14-12-21(30)24(27)28/h8,19-20,22,24-25,32H,1,9-18H2,2-7H3/t19?,20-,22+,24-,25-,26+,27-,28?/m0/s1. The van der Waals surface area contributed by atoms with Crippen molar-refractivity contribution in [3.05, 3.63) is 12.7 Å². The van der Waals surface area contributed by atoms with Crippen LogP contribution in [0.25, 0.3) is 0 Å². The van der Waals surface area contributed by atoms with Crippen LogP contribution in [0.5, 0.6) is 0 Å². The predicted octanol–water partition coefficient (Wildman–Crippen LogP) is 4.97. The van der Waals surface area contributed by atoms with Gasteiger partial charge in [-0.2, -0.15) is 0 Å². The first-order chi connectivity index (χ1) is 16.0. The molecule has 0 aromatic heterocycles. The van der Waals surface area contributed by atoms with Gasteiger partial charge in [0.1, 0.15) is 11.9 Å². The zero-order chi connectivity index (χ0) is 25.3. The van der Waals surface area contributed by atoms with Crippen LogP contribution < -0.4 is 0 Å². The van der Waals surface area contributed by atoms with Crippen molar-refractivity contribution >= 4 is 23.5 Å². The fourth-order valence-corrected chi connectivity index (χ4v) is 8.35. The first kappa shape index (κ1) is 27.7. The van der Waals surface area contributed by atoms with Crippen molar-refractivity contribution in [1.82, 2.24) is 4.90 Å². The molecular formula is C28H47NO4S. The molecule has 3 aliphatic rings. The number of thioether (sulfide) groups is 1. The maximum atomic E-state index is 13.4. The molecule has 0 heterocycles. The number of aliphatic hydroxyl groups excluding tert-OH is 1. The van der Waals surface area contributed by atoms with Crippen LogP contribution in [0.1, 0.15) is 73.6 Å². The zero-order valence-electron chi connectivity index (χ0n) is 22.3. The van der Waals surface area contributed by atoms with E-state index in [0.29, 0.717) is 24.4 Å². The summed E-state index contributed by atoms with van der Waals surface area (Å²) in [7, 11) is 0. The molecule has 3 fully saturated rings. The molecule has 0 spiro atoms. The molecule has 1 N–H and O–H groups in total. The molecule has 2 bridgehead atoms. The summed E-state index contributed by atoms with van der Waals surface area (Å²) in [5, 5.41) is 11.6. The molecular weight excluding hydrogens is 446 g/mol. The Labute approximate surface area is 211 Å². The minimum absolute atomic E-state index is 0.00828. The van der Waals surface area contributed by atoms with Gasteiger partial charge in [-0.25, -0.2) is 0 Å². The van der Waals surface area contributed by atoms with Gasteiger partial charge in [0.2, 0.25) is 0 Å². The minimum Gasteiger partial charge on any atom is -0.461 e. The molecule has 0 saturated heterocycles. The van der Waals surface area contributed by atoms with Gasteiger partial charge in [0.25, 0.3) is 0 Å². The number of esters is 1. The zero-order valence-corrected chi connectivity index (χ0v) is 23.1. The van der Waals surface area contributed by atoms with E-state index in [4.69, 9.17) is 4.74 Å². The quantitative estimate of drug-likeness (QED) is 0.278. The molecule has 0 amide bonds. The van der Waals surface area contributed by atoms with Crippen LogP contribution >= 0.6 is 11.8 Å². The highest BCUT2D eigenvalue weighted by atomic mass is 32.2. The topological polar surface area (TPSA) is 66.8 Å². The highest BCUT2D eigenvalue weighted by Gasteiger charge is 2.68. The van der Waals surface area contributed by atoms with Crippen molar-refractivity contribution in [2.24, 2.45) is 34.0 Å². The van der Waals surface area contributed by atoms with Crippen LogP contribution in [0.2, 0.25) is 0 Å². The molecule has 194 valence electrons. The van der Waals surface area contributed by atoms with Gasteiger partial charge in [-0.1, -0.05) is 47.6 Å². The Hall–Kier alpha value is -0.850. The average Bonchev–Trinajstić information content (AvgIpc) is 3.17. The molecule has 3 saturated carbocycles. The van der Waals surface area contributed by atoms with Gasteiger partial charge in [0, 0.05) is 35.5 Å². The van der Waals surface area contributed by atoms with Crippen molar-refractivity contribution in [2.45, 2.75) is 85.9 Å². The lowest BCUT2D eigenvalue weighted by Gasteiger charge is -2.61. The second-order valence-corrected chi connectivity index (χ2v) is 12.7. The van der Waals surface area contributed by atoms with Crippen molar-refractivity contribution in [1.29, 1.82) is 0 Å². The van der Waals surface area contributed by atoms with Crippen LogP contribution in [-0.2, 0) is 14.3 Å². The molecule has 0 radical (unpaired) electrons. The van der Waals surface area contributed by atoms with Crippen LogP contribution in [0, 0.1) is 34.0 Å². The van der Waals surface area contributed by atoms with Crippen LogP contribution in [-0.4, -0.2) is 65.1 Å². The second-order valence-electron chi connectivity index (χ2n) is 11.6. The smallest absolute Gasteiger partial charge is 0.316 e. The number of carbonyl (C=O) groups excluding carboxylic acids is 2. The maximum absolute atomic E-state index is 13.4. The second kappa shape index (κ2) is 10.6. The fourth-order valence-electron chi connectivity index (χ4n) is 7.58. The first-order valence-electron chi connectivity index (χ1n) is 13.3. The van der Waals surface area contributed by atoms with E-state index in [2.05, 4.69) is 46.1 Å². The molecule has 6 heteroatoms. The monoisotopic (exact) mass is 493 g/mol. The molecule has 0 aromatic carbocycles. The van der Waals surface area contributed by atoms with Crippen LogP contribution in [0.4, 0.5) is 0 Å². The number of hydrogen-bond donors (Lipinski definition) is 1. The third kappa shape index (κ3) is 4.64. The summed E-state index contributed by atoms with van der Waals surface area (Å²) in [6, 6.07) is 0. The van der Waals surface area contributed by atoms with Crippen molar-refractivity contribution in [3.63, 3.8) is 0 Å². The lowest BCUT2D eigenvalue weighted by atomic mass is 9.44. The minimum atomic E-state index is -0.624. The van der Waals surface area contributed by atoms with Gasteiger partial charge in [0.15, 0.2) is 0 Å². The van der Waals surface area contributed by atoms with Crippen LogP contribution in [0.15, 0.2) is 12.7 Å². The van der Waals surface area contributed by atoms with Gasteiger partial charge in [-0.15, -0.1) is 18.3 Å². The Bertz CT molecular complexity index is 770. The number of Topliss-reactive ketones (excluding diaryl/α,β-unsaturated/α-hetero) is 1. The Morgan fingerprint density at radius 1 is 1.26 bits per heavy atom. The fraction of sp³-hybridized carbons (Fsp3) is 0.857. The van der Waals surface area contributed by atoms with Gasteiger partial charge < -0.3 is 14.7 Å². The van der Waals surface area contributed by atoms with Gasteiger partial charge >= 0.3 is 5.97 Å². The molecule has 8 atom stereocenters. The largest absolute Gasteiger partial charge is 0.461 e. The number of nitrogens with zero attached hydrogens (tertiary/aromatic N) is 1. The molecule has 5 nitrogen and oxygen atoms in total. The summed E-state index contributed by atoms with van der Waals surface area (Å²) in [6.45, 7) is 20.0. The third-order valence-corrected chi connectivity index (χ3v) is 11.2. The summed E-state index contributed by atoms with van der Waals surface area (Å²) in [6.07, 6.45) is 4.64. The van der Waals surface area contributed by atoms with Gasteiger partial charge in [0.05, 0.1) is 11.9 Å². The van der Waals surface area contributed by atoms with Crippen molar-refractivity contribution < 1.29 is 19.4 Å². The third-order valence-electron chi connectivity index (χ3n) is 10.2. The van der Waals surface area contributed by atoms with E-state index < -0.39 is 23.0 Å². The normalized spacial score (nSPS) is 42.1. The van der Waals surface area contributed by atoms with E-state index in [-0.39, 0.29) is 29.1 Å². The van der Waals surface area contributed by atoms with Crippen molar-refractivity contribution in [2.75, 3.05) is 31.1 Å². The Morgan fingerprint density at radius 3 is 2.56 bits per heavy atom. The highest BCUT2D eigenvalue weighted by molar-refractivity contribution is 7.99. The number of hydrogen-bond acceptors (Lipinski definition) is 6. The Morgan fingerprint density at radius 2 is 1.94 bits per heavy atom. The van der Waals surface area contributed by atoms with Gasteiger partial charge in [-0.3, -0.25) is 9.59 Å². The maximum Gasteiger partial charge on any atom is 0.316 e. The number of carbonyl (C=O) groups is 2. The highest BCUT2D eigenvalue weighted by Crippen LogP contribution is 2.67. The lowest BCUT2D eigenvalue weighted by Crippen LogP contribution is -2.63. The lowest BCUT2D eigenvalue weighted by molar-refractivity contribution is -0.205. The van der Waals surface area contributed by atoms with Gasteiger partial charge in [-0.05, 0) is 56.0 Å². The van der Waals surface area contributed by atoms with E-state index in [1.165, 1.54) is 0 Å². The first-order valence-corrected chi connectivity index (χ1v) is 14.5. The molecule has 0 aromatic rings. The molecule has 3 aliphatic carbocycles. The van der Waals surface area contributed by atoms with E-state index in [1.807, 2.05) is 13.0 Å².